The normalized spacial score (nSPS) is 13.8. The van der Waals surface area contributed by atoms with Crippen molar-refractivity contribution in [1.29, 1.82) is 0 Å². The van der Waals surface area contributed by atoms with Crippen molar-refractivity contribution < 1.29 is 4.74 Å². The van der Waals surface area contributed by atoms with E-state index in [1.54, 1.807) is 7.11 Å². The molecule has 0 spiro atoms. The second kappa shape index (κ2) is 6.58. The summed E-state index contributed by atoms with van der Waals surface area (Å²) in [5.74, 6) is 1.30. The number of benzene rings is 2. The van der Waals surface area contributed by atoms with Crippen LogP contribution in [0.1, 0.15) is 29.7 Å². The average molecular weight is 269 g/mol. The molecule has 0 fully saturated rings. The highest BCUT2D eigenvalue weighted by Crippen LogP contribution is 2.27. The Bertz CT molecular complexity index is 551. The van der Waals surface area contributed by atoms with E-state index in [1.807, 2.05) is 24.3 Å². The van der Waals surface area contributed by atoms with Crippen LogP contribution in [0.2, 0.25) is 0 Å². The minimum Gasteiger partial charge on any atom is -0.496 e. The third-order valence-electron chi connectivity index (χ3n) is 3.78. The Labute approximate surface area is 121 Å². The van der Waals surface area contributed by atoms with Crippen LogP contribution in [0, 0.1) is 12.8 Å². The standard InChI is InChI=1S/C18H23NO/c1-13-9-10-17(20-3)16(11-13)12-14(2)18(19)15-7-5-4-6-8-15/h4-11,14,18H,12,19H2,1-3H3. The summed E-state index contributed by atoms with van der Waals surface area (Å²) in [6, 6.07) is 16.6. The quantitative estimate of drug-likeness (QED) is 0.894. The summed E-state index contributed by atoms with van der Waals surface area (Å²) in [5, 5.41) is 0. The number of aryl methyl sites for hydroxylation is 1. The SMILES string of the molecule is COc1ccc(C)cc1CC(C)C(N)c1ccccc1. The highest BCUT2D eigenvalue weighted by Gasteiger charge is 2.17. The van der Waals surface area contributed by atoms with E-state index in [9.17, 15) is 0 Å². The predicted molar refractivity (Wildman–Crippen MR) is 84.0 cm³/mol. The topological polar surface area (TPSA) is 35.2 Å². The fraction of sp³-hybridized carbons (Fsp3) is 0.333. The molecule has 0 amide bonds. The van der Waals surface area contributed by atoms with Crippen molar-refractivity contribution in [2.45, 2.75) is 26.3 Å². The minimum absolute atomic E-state index is 0.0430. The van der Waals surface area contributed by atoms with Crippen LogP contribution >= 0.6 is 0 Å². The molecule has 0 radical (unpaired) electrons. The smallest absolute Gasteiger partial charge is 0.122 e. The molecule has 0 aromatic heterocycles. The lowest BCUT2D eigenvalue weighted by atomic mass is 9.89. The lowest BCUT2D eigenvalue weighted by molar-refractivity contribution is 0.399. The molecule has 0 saturated heterocycles. The van der Waals surface area contributed by atoms with Crippen molar-refractivity contribution in [3.8, 4) is 5.75 Å². The minimum atomic E-state index is 0.0430. The third-order valence-corrected chi connectivity index (χ3v) is 3.78. The van der Waals surface area contributed by atoms with Gasteiger partial charge in [-0.3, -0.25) is 0 Å². The van der Waals surface area contributed by atoms with Gasteiger partial charge in [0.25, 0.3) is 0 Å². The van der Waals surface area contributed by atoms with Crippen LogP contribution < -0.4 is 10.5 Å². The first-order chi connectivity index (χ1) is 9.61. The molecule has 106 valence electrons. The zero-order chi connectivity index (χ0) is 14.5. The molecule has 2 nitrogen and oxygen atoms in total. The molecule has 2 heteroatoms. The zero-order valence-corrected chi connectivity index (χ0v) is 12.5. The molecular weight excluding hydrogens is 246 g/mol. The van der Waals surface area contributed by atoms with Crippen LogP contribution in [0.25, 0.3) is 0 Å². The summed E-state index contributed by atoms with van der Waals surface area (Å²) in [6.07, 6.45) is 0.918. The molecule has 2 aromatic carbocycles. The third kappa shape index (κ3) is 3.40. The maximum absolute atomic E-state index is 6.38. The van der Waals surface area contributed by atoms with Crippen LogP contribution in [0.5, 0.6) is 5.75 Å². The van der Waals surface area contributed by atoms with Gasteiger partial charge in [-0.25, -0.2) is 0 Å². The van der Waals surface area contributed by atoms with Gasteiger partial charge in [0.1, 0.15) is 5.75 Å². The van der Waals surface area contributed by atoms with Gasteiger partial charge in [0.05, 0.1) is 7.11 Å². The van der Waals surface area contributed by atoms with Crippen LogP contribution in [0.4, 0.5) is 0 Å². The molecule has 0 saturated carbocycles. The molecule has 0 aliphatic rings. The summed E-state index contributed by atoms with van der Waals surface area (Å²) in [4.78, 5) is 0. The molecular formula is C18H23NO. The van der Waals surface area contributed by atoms with Gasteiger partial charge in [0.15, 0.2) is 0 Å². The first-order valence-corrected chi connectivity index (χ1v) is 7.06. The lowest BCUT2D eigenvalue weighted by Gasteiger charge is -2.21. The number of nitrogens with two attached hydrogens (primary N) is 1. The van der Waals surface area contributed by atoms with Gasteiger partial charge in [0.2, 0.25) is 0 Å². The van der Waals surface area contributed by atoms with E-state index < -0.39 is 0 Å². The summed E-state index contributed by atoms with van der Waals surface area (Å²) >= 11 is 0. The van der Waals surface area contributed by atoms with Crippen molar-refractivity contribution >= 4 is 0 Å². The predicted octanol–water partition coefficient (Wildman–Crippen LogP) is 3.88. The molecule has 2 atom stereocenters. The van der Waals surface area contributed by atoms with E-state index in [-0.39, 0.29) is 6.04 Å². The molecule has 20 heavy (non-hydrogen) atoms. The van der Waals surface area contributed by atoms with E-state index in [2.05, 4.69) is 38.1 Å². The van der Waals surface area contributed by atoms with Crippen LogP contribution in [0.15, 0.2) is 48.5 Å². The Kier molecular flexibility index (Phi) is 4.80. The maximum atomic E-state index is 6.38. The Morgan fingerprint density at radius 1 is 1.10 bits per heavy atom. The number of hydrogen-bond acceptors (Lipinski definition) is 2. The van der Waals surface area contributed by atoms with Crippen LogP contribution in [-0.4, -0.2) is 7.11 Å². The van der Waals surface area contributed by atoms with Crippen molar-refractivity contribution in [2.24, 2.45) is 11.7 Å². The molecule has 0 heterocycles. The van der Waals surface area contributed by atoms with Gasteiger partial charge in [-0.2, -0.15) is 0 Å². The van der Waals surface area contributed by atoms with Gasteiger partial charge in [-0.15, -0.1) is 0 Å². The van der Waals surface area contributed by atoms with Crippen molar-refractivity contribution in [3.63, 3.8) is 0 Å². The highest BCUT2D eigenvalue weighted by molar-refractivity contribution is 5.37. The molecule has 0 aliphatic carbocycles. The molecule has 2 aromatic rings. The zero-order valence-electron chi connectivity index (χ0n) is 12.5. The largest absolute Gasteiger partial charge is 0.496 e. The van der Waals surface area contributed by atoms with Crippen molar-refractivity contribution in [1.82, 2.24) is 0 Å². The van der Waals surface area contributed by atoms with Gasteiger partial charge in [-0.1, -0.05) is 55.0 Å². The summed E-state index contributed by atoms with van der Waals surface area (Å²) in [7, 11) is 1.72. The Balaban J connectivity index is 2.15. The second-order valence-electron chi connectivity index (χ2n) is 5.43. The Morgan fingerprint density at radius 3 is 2.45 bits per heavy atom. The maximum Gasteiger partial charge on any atom is 0.122 e. The van der Waals surface area contributed by atoms with E-state index >= 15 is 0 Å². The lowest BCUT2D eigenvalue weighted by Crippen LogP contribution is -2.21. The molecule has 0 bridgehead atoms. The van der Waals surface area contributed by atoms with Gasteiger partial charge >= 0.3 is 0 Å². The van der Waals surface area contributed by atoms with E-state index in [1.165, 1.54) is 16.7 Å². The van der Waals surface area contributed by atoms with Crippen LogP contribution in [0.3, 0.4) is 0 Å². The molecule has 2 N–H and O–H groups in total. The monoisotopic (exact) mass is 269 g/mol. The van der Waals surface area contributed by atoms with Crippen molar-refractivity contribution in [3.05, 3.63) is 65.2 Å². The fourth-order valence-electron chi connectivity index (χ4n) is 2.54. The Hall–Kier alpha value is -1.80. The molecule has 2 rings (SSSR count). The number of rotatable bonds is 5. The van der Waals surface area contributed by atoms with Gasteiger partial charge in [-0.05, 0) is 36.5 Å². The van der Waals surface area contributed by atoms with E-state index in [0.717, 1.165) is 12.2 Å². The summed E-state index contributed by atoms with van der Waals surface area (Å²) < 4.78 is 5.45. The summed E-state index contributed by atoms with van der Waals surface area (Å²) in [6.45, 7) is 4.30. The van der Waals surface area contributed by atoms with E-state index in [4.69, 9.17) is 10.5 Å². The van der Waals surface area contributed by atoms with Crippen LogP contribution in [-0.2, 0) is 6.42 Å². The molecule has 2 unspecified atom stereocenters. The Morgan fingerprint density at radius 2 is 1.80 bits per heavy atom. The second-order valence-corrected chi connectivity index (χ2v) is 5.43. The number of methoxy groups -OCH3 is 1. The molecule has 0 aliphatic heterocycles. The first kappa shape index (κ1) is 14.6. The summed E-state index contributed by atoms with van der Waals surface area (Å²) in [5.41, 5.74) is 10.0. The fourth-order valence-corrected chi connectivity index (χ4v) is 2.54. The highest BCUT2D eigenvalue weighted by atomic mass is 16.5. The first-order valence-electron chi connectivity index (χ1n) is 7.06. The average Bonchev–Trinajstić information content (AvgIpc) is 2.47. The van der Waals surface area contributed by atoms with Crippen molar-refractivity contribution in [2.75, 3.05) is 7.11 Å². The van der Waals surface area contributed by atoms with Gasteiger partial charge in [0, 0.05) is 6.04 Å². The number of hydrogen-bond donors (Lipinski definition) is 1. The van der Waals surface area contributed by atoms with Gasteiger partial charge < -0.3 is 10.5 Å². The van der Waals surface area contributed by atoms with E-state index in [0.29, 0.717) is 5.92 Å². The number of ether oxygens (including phenoxy) is 1.